The molecule has 27 heavy (non-hydrogen) atoms. The van der Waals surface area contributed by atoms with Crippen molar-refractivity contribution in [3.05, 3.63) is 53.6 Å². The van der Waals surface area contributed by atoms with Crippen LogP contribution in [0.3, 0.4) is 0 Å². The van der Waals surface area contributed by atoms with Crippen molar-refractivity contribution in [2.24, 2.45) is 0 Å². The molecule has 2 aromatic carbocycles. The summed E-state index contributed by atoms with van der Waals surface area (Å²) < 4.78 is 5.16. The van der Waals surface area contributed by atoms with E-state index in [1.807, 2.05) is 36.4 Å². The highest BCUT2D eigenvalue weighted by Crippen LogP contribution is 2.32. The molecule has 2 heterocycles. The molecule has 140 valence electrons. The molecule has 1 saturated heterocycles. The van der Waals surface area contributed by atoms with Crippen LogP contribution in [0.5, 0.6) is 5.75 Å². The van der Waals surface area contributed by atoms with E-state index in [2.05, 4.69) is 21.6 Å². The first-order valence-corrected chi connectivity index (χ1v) is 9.24. The molecule has 2 N–H and O–H groups in total. The van der Waals surface area contributed by atoms with Crippen LogP contribution in [-0.4, -0.2) is 44.5 Å². The van der Waals surface area contributed by atoms with Crippen LogP contribution in [-0.2, 0) is 11.2 Å². The van der Waals surface area contributed by atoms with Gasteiger partial charge in [-0.25, -0.2) is 0 Å². The fourth-order valence-corrected chi connectivity index (χ4v) is 3.80. The molecular formula is C21H23N3O3. The molecule has 2 aromatic rings. The summed E-state index contributed by atoms with van der Waals surface area (Å²) in [4.78, 5) is 26.8. The van der Waals surface area contributed by atoms with Gasteiger partial charge in [-0.15, -0.1) is 0 Å². The van der Waals surface area contributed by atoms with E-state index in [0.29, 0.717) is 18.5 Å². The number of fused-ring (bicyclic) bond motifs is 1. The molecule has 0 radical (unpaired) electrons. The van der Waals surface area contributed by atoms with Gasteiger partial charge in [-0.3, -0.25) is 9.59 Å². The monoisotopic (exact) mass is 365 g/mol. The van der Waals surface area contributed by atoms with Gasteiger partial charge in [0, 0.05) is 43.0 Å². The number of hydrogen-bond acceptors (Lipinski definition) is 5. The number of ketones is 1. The number of nitrogens with one attached hydrogen (secondary N) is 2. The van der Waals surface area contributed by atoms with E-state index in [9.17, 15) is 9.59 Å². The second-order valence-electron chi connectivity index (χ2n) is 6.90. The van der Waals surface area contributed by atoms with Crippen molar-refractivity contribution in [1.29, 1.82) is 0 Å². The number of piperazine rings is 1. The van der Waals surface area contributed by atoms with Crippen LogP contribution in [0.4, 0.5) is 11.4 Å². The molecular weight excluding hydrogens is 342 g/mol. The lowest BCUT2D eigenvalue weighted by Gasteiger charge is -2.36. The van der Waals surface area contributed by atoms with E-state index < -0.39 is 0 Å². The number of ether oxygens (including phenoxy) is 1. The van der Waals surface area contributed by atoms with Crippen molar-refractivity contribution in [1.82, 2.24) is 5.32 Å². The van der Waals surface area contributed by atoms with Crippen molar-refractivity contribution < 1.29 is 14.3 Å². The predicted octanol–water partition coefficient (Wildman–Crippen LogP) is 2.24. The van der Waals surface area contributed by atoms with E-state index in [1.165, 1.54) is 0 Å². The molecule has 6 nitrogen and oxygen atoms in total. The summed E-state index contributed by atoms with van der Waals surface area (Å²) in [5.74, 6) is 0.885. The molecule has 1 unspecified atom stereocenters. The Labute approximate surface area is 158 Å². The summed E-state index contributed by atoms with van der Waals surface area (Å²) in [5.41, 5.74) is 3.84. The van der Waals surface area contributed by atoms with Gasteiger partial charge in [0.25, 0.3) is 0 Å². The van der Waals surface area contributed by atoms with Crippen molar-refractivity contribution in [3.8, 4) is 5.75 Å². The first kappa shape index (κ1) is 17.5. The highest BCUT2D eigenvalue weighted by Gasteiger charge is 2.28. The van der Waals surface area contributed by atoms with Crippen LogP contribution in [0.1, 0.15) is 22.3 Å². The highest BCUT2D eigenvalue weighted by atomic mass is 16.5. The first-order chi connectivity index (χ1) is 13.2. The molecule has 2 aliphatic rings. The quantitative estimate of drug-likeness (QED) is 0.813. The van der Waals surface area contributed by atoms with Crippen LogP contribution < -0.4 is 20.3 Å². The third kappa shape index (κ3) is 3.53. The topological polar surface area (TPSA) is 70.7 Å². The number of nitrogens with zero attached hydrogens (tertiary/aromatic N) is 1. The average molecular weight is 365 g/mol. The van der Waals surface area contributed by atoms with Gasteiger partial charge in [0.05, 0.1) is 13.2 Å². The second kappa shape index (κ2) is 7.40. The predicted molar refractivity (Wildman–Crippen MR) is 105 cm³/mol. The molecule has 0 saturated carbocycles. The van der Waals surface area contributed by atoms with Crippen LogP contribution in [0, 0.1) is 0 Å². The Morgan fingerprint density at radius 3 is 2.74 bits per heavy atom. The van der Waals surface area contributed by atoms with Gasteiger partial charge in [-0.1, -0.05) is 6.07 Å². The summed E-state index contributed by atoms with van der Waals surface area (Å²) in [6.45, 7) is 2.18. The molecule has 2 aliphatic heterocycles. The van der Waals surface area contributed by atoms with E-state index in [-0.39, 0.29) is 17.7 Å². The molecule has 6 heteroatoms. The van der Waals surface area contributed by atoms with E-state index >= 15 is 0 Å². The molecule has 0 aliphatic carbocycles. The van der Waals surface area contributed by atoms with Gasteiger partial charge >= 0.3 is 0 Å². The normalized spacial score (nSPS) is 19.2. The van der Waals surface area contributed by atoms with Gasteiger partial charge in [-0.2, -0.15) is 0 Å². The zero-order valence-corrected chi connectivity index (χ0v) is 15.3. The van der Waals surface area contributed by atoms with Crippen LogP contribution in [0.15, 0.2) is 42.5 Å². The lowest BCUT2D eigenvalue weighted by atomic mass is 9.98. The number of rotatable bonds is 4. The molecule has 0 spiro atoms. The zero-order chi connectivity index (χ0) is 18.8. The van der Waals surface area contributed by atoms with Gasteiger partial charge in [0.15, 0.2) is 5.78 Å². The summed E-state index contributed by atoms with van der Waals surface area (Å²) in [7, 11) is 1.61. The number of amides is 1. The van der Waals surface area contributed by atoms with Crippen LogP contribution >= 0.6 is 0 Å². The van der Waals surface area contributed by atoms with Gasteiger partial charge in [-0.05, 0) is 48.4 Å². The first-order valence-electron chi connectivity index (χ1n) is 9.24. The third-order valence-electron chi connectivity index (χ3n) is 5.23. The van der Waals surface area contributed by atoms with Crippen LogP contribution in [0.25, 0.3) is 0 Å². The number of anilines is 2. The maximum Gasteiger partial charge on any atom is 0.224 e. The number of hydrogen-bond donors (Lipinski definition) is 2. The minimum Gasteiger partial charge on any atom is -0.497 e. The SMILES string of the molecule is COc1ccc(C(=O)C2CN(c3cccc4c3CCC(=O)N4)CCN2)cc1. The highest BCUT2D eigenvalue weighted by molar-refractivity contribution is 6.01. The van der Waals surface area contributed by atoms with Gasteiger partial charge in [0.2, 0.25) is 5.91 Å². The Morgan fingerprint density at radius 2 is 1.96 bits per heavy atom. The summed E-state index contributed by atoms with van der Waals surface area (Å²) in [5, 5.41) is 6.29. The van der Waals surface area contributed by atoms with Crippen molar-refractivity contribution in [2.75, 3.05) is 37.0 Å². The number of benzene rings is 2. The molecule has 4 rings (SSSR count). The maximum atomic E-state index is 12.9. The van der Waals surface area contributed by atoms with Crippen LogP contribution in [0.2, 0.25) is 0 Å². The van der Waals surface area contributed by atoms with Crippen molar-refractivity contribution in [2.45, 2.75) is 18.9 Å². The Kier molecular flexibility index (Phi) is 4.81. The zero-order valence-electron chi connectivity index (χ0n) is 15.3. The number of methoxy groups -OCH3 is 1. The maximum absolute atomic E-state index is 12.9. The van der Waals surface area contributed by atoms with Crippen molar-refractivity contribution >= 4 is 23.1 Å². The van der Waals surface area contributed by atoms with Gasteiger partial charge < -0.3 is 20.3 Å². The van der Waals surface area contributed by atoms with Crippen molar-refractivity contribution in [3.63, 3.8) is 0 Å². The Balaban J connectivity index is 1.54. The summed E-state index contributed by atoms with van der Waals surface area (Å²) >= 11 is 0. The van der Waals surface area contributed by atoms with E-state index in [0.717, 1.165) is 42.2 Å². The summed E-state index contributed by atoms with van der Waals surface area (Å²) in [6.07, 6.45) is 1.24. The fraction of sp³-hybridized carbons (Fsp3) is 0.333. The lowest BCUT2D eigenvalue weighted by Crippen LogP contribution is -2.54. The summed E-state index contributed by atoms with van der Waals surface area (Å²) in [6, 6.07) is 13.0. The van der Waals surface area contributed by atoms with Gasteiger partial charge in [0.1, 0.15) is 5.75 Å². The number of Topliss-reactive ketones (excluding diaryl/α,β-unsaturated/α-hetero) is 1. The van der Waals surface area contributed by atoms with E-state index in [4.69, 9.17) is 4.74 Å². The average Bonchev–Trinajstić information content (AvgIpc) is 2.72. The molecule has 0 aromatic heterocycles. The smallest absolute Gasteiger partial charge is 0.224 e. The Morgan fingerprint density at radius 1 is 1.15 bits per heavy atom. The standard InChI is InChI=1S/C21H23N3O3/c1-27-15-7-5-14(6-8-15)21(26)18-13-24(12-11-22-18)19-4-2-3-17-16(19)9-10-20(25)23-17/h2-8,18,22H,9-13H2,1H3,(H,23,25). The fourth-order valence-electron chi connectivity index (χ4n) is 3.80. The second-order valence-corrected chi connectivity index (χ2v) is 6.90. The molecule has 1 fully saturated rings. The minimum absolute atomic E-state index is 0.0625. The Bertz CT molecular complexity index is 863. The number of carbonyl (C=O) groups excluding carboxylic acids is 2. The third-order valence-corrected chi connectivity index (χ3v) is 5.23. The minimum atomic E-state index is -0.263. The molecule has 1 atom stereocenters. The molecule has 1 amide bonds. The molecule has 0 bridgehead atoms. The largest absolute Gasteiger partial charge is 0.497 e. The van der Waals surface area contributed by atoms with E-state index in [1.54, 1.807) is 7.11 Å². The Hall–Kier alpha value is -2.86. The number of carbonyl (C=O) groups is 2. The lowest BCUT2D eigenvalue weighted by molar-refractivity contribution is -0.116.